The van der Waals surface area contributed by atoms with E-state index in [0.717, 1.165) is 0 Å². The molecule has 3 heteroatoms. The van der Waals surface area contributed by atoms with Gasteiger partial charge in [-0.1, -0.05) is 7.43 Å². The zero-order valence-corrected chi connectivity index (χ0v) is 5.18. The third-order valence-corrected chi connectivity index (χ3v) is 0. The molecule has 0 amide bonds. The van der Waals surface area contributed by atoms with Crippen LogP contribution in [0.15, 0.2) is 0 Å². The van der Waals surface area contributed by atoms with Gasteiger partial charge < -0.3 is 6.15 Å². The molecule has 0 aliphatic carbocycles. The van der Waals surface area contributed by atoms with Gasteiger partial charge in [0.15, 0.2) is 0 Å². The van der Waals surface area contributed by atoms with Crippen molar-refractivity contribution in [2.45, 2.75) is 7.43 Å². The van der Waals surface area contributed by atoms with Crippen molar-refractivity contribution in [3.8, 4) is 0 Å². The van der Waals surface area contributed by atoms with E-state index in [4.69, 9.17) is 0 Å². The van der Waals surface area contributed by atoms with Crippen LogP contribution in [-0.4, -0.2) is 0 Å². The molecule has 0 aromatic heterocycles. The Kier molecular flexibility index (Phi) is 365. The average Bonchev–Trinajstić information content (AvgIpc) is 0. The van der Waals surface area contributed by atoms with E-state index in [1.165, 1.54) is 0 Å². The van der Waals surface area contributed by atoms with Gasteiger partial charge in [-0.2, -0.15) is 0 Å². The molecule has 0 fully saturated rings. The third kappa shape index (κ3) is 10.1. The van der Waals surface area contributed by atoms with E-state index in [1.54, 1.807) is 0 Å². The Labute approximate surface area is 56.3 Å². The van der Waals surface area contributed by atoms with Gasteiger partial charge in [-0.05, 0) is 0 Å². The fourth-order valence-electron chi connectivity index (χ4n) is 0. The van der Waals surface area contributed by atoms with Crippen LogP contribution in [0.2, 0.25) is 0 Å². The number of hydrogen-bond acceptors (Lipinski definition) is 1. The molecule has 26 valence electrons. The minimum Gasteiger partial charge on any atom is -0.344 e. The van der Waals surface area contributed by atoms with Crippen molar-refractivity contribution in [2.24, 2.45) is 0 Å². The summed E-state index contributed by atoms with van der Waals surface area (Å²) in [5.41, 5.74) is 0. The Morgan fingerprint density at radius 1 is 1.00 bits per heavy atom. The molecule has 0 bridgehead atoms. The Bertz CT molecular complexity index is 8.00. The van der Waals surface area contributed by atoms with E-state index in [9.17, 15) is 0 Å². The first kappa shape index (κ1) is 55.0. The summed E-state index contributed by atoms with van der Waals surface area (Å²) in [7, 11) is 0. The summed E-state index contributed by atoms with van der Waals surface area (Å²) in [6.45, 7) is 0. The minimum absolute atomic E-state index is 0. The summed E-state index contributed by atoms with van der Waals surface area (Å²) in [5, 5.41) is 0. The standard InChI is InChI=1S/CH4.Mo.H3N.Ti/h1H4;;1H3;. The first-order valence-electron chi connectivity index (χ1n) is 0. The second-order valence-corrected chi connectivity index (χ2v) is 0. The normalized spacial score (nSPS) is 0. The van der Waals surface area contributed by atoms with Gasteiger partial charge in [-0.25, -0.2) is 0 Å². The van der Waals surface area contributed by atoms with Gasteiger partial charge >= 0.3 is 0 Å². The monoisotopic (exact) mass is 179 g/mol. The first-order chi connectivity index (χ1) is 0. The predicted octanol–water partition coefficient (Wildman–Crippen LogP) is 0.793. The van der Waals surface area contributed by atoms with E-state index in [2.05, 4.69) is 0 Å². The van der Waals surface area contributed by atoms with Crippen molar-refractivity contribution in [2.75, 3.05) is 0 Å². The van der Waals surface area contributed by atoms with Crippen LogP contribution in [0, 0.1) is 0 Å². The average molecular weight is 177 g/mol. The molecule has 0 aliphatic heterocycles. The van der Waals surface area contributed by atoms with Crippen LogP contribution in [0.5, 0.6) is 0 Å². The Hall–Kier alpha value is 1.36. The van der Waals surface area contributed by atoms with Gasteiger partial charge in [0, 0.05) is 42.8 Å². The van der Waals surface area contributed by atoms with E-state index in [1.807, 2.05) is 0 Å². The summed E-state index contributed by atoms with van der Waals surface area (Å²) in [6.07, 6.45) is 0. The summed E-state index contributed by atoms with van der Waals surface area (Å²) in [4.78, 5) is 0. The van der Waals surface area contributed by atoms with Crippen molar-refractivity contribution in [1.29, 1.82) is 0 Å². The molecule has 0 saturated heterocycles. The van der Waals surface area contributed by atoms with E-state index in [-0.39, 0.29) is 56.4 Å². The Morgan fingerprint density at radius 3 is 1.00 bits per heavy atom. The molecule has 0 atom stereocenters. The van der Waals surface area contributed by atoms with Crippen LogP contribution in [0.4, 0.5) is 0 Å². The van der Waals surface area contributed by atoms with Crippen LogP contribution in [0.3, 0.4) is 0 Å². The summed E-state index contributed by atoms with van der Waals surface area (Å²) in [5.74, 6) is 0. The zero-order valence-electron chi connectivity index (χ0n) is 1.62. The van der Waals surface area contributed by atoms with Crippen molar-refractivity contribution in [3.63, 3.8) is 0 Å². The smallest absolute Gasteiger partial charge is 0 e. The molecule has 0 aliphatic rings. The maximum Gasteiger partial charge on any atom is 0 e. The first-order valence-corrected chi connectivity index (χ1v) is 0. The Morgan fingerprint density at radius 2 is 1.00 bits per heavy atom. The maximum atomic E-state index is 0. The van der Waals surface area contributed by atoms with Crippen LogP contribution >= 0.6 is 0 Å². The number of rotatable bonds is 0. The SMILES string of the molecule is C.N.[Mo].[Ti]. The molecule has 3 N–H and O–H groups in total. The van der Waals surface area contributed by atoms with E-state index in [0.29, 0.717) is 0 Å². The van der Waals surface area contributed by atoms with Crippen LogP contribution < -0.4 is 6.15 Å². The molecule has 0 unspecified atom stereocenters. The quantitative estimate of drug-likeness (QED) is 0.545. The molecule has 0 rings (SSSR count). The topological polar surface area (TPSA) is 35.0 Å². The van der Waals surface area contributed by atoms with Gasteiger partial charge in [0.1, 0.15) is 0 Å². The molecule has 1 nitrogen and oxygen atoms in total. The molecule has 0 aromatic rings. The Balaban J connectivity index is 0. The number of hydrogen-bond donors (Lipinski definition) is 1. The molecular formula is CH7MoNTi. The van der Waals surface area contributed by atoms with Gasteiger partial charge in [-0.15, -0.1) is 0 Å². The minimum atomic E-state index is 0. The fourth-order valence-corrected chi connectivity index (χ4v) is 0. The van der Waals surface area contributed by atoms with E-state index >= 15 is 0 Å². The molecule has 0 saturated carbocycles. The molecule has 0 heterocycles. The largest absolute Gasteiger partial charge is 0.344 e. The van der Waals surface area contributed by atoms with Gasteiger partial charge in [0.05, 0.1) is 0 Å². The van der Waals surface area contributed by atoms with Gasteiger partial charge in [0.25, 0.3) is 0 Å². The second-order valence-electron chi connectivity index (χ2n) is 0. The maximum absolute atomic E-state index is 0. The summed E-state index contributed by atoms with van der Waals surface area (Å²) in [6, 6.07) is 0. The van der Waals surface area contributed by atoms with Crippen LogP contribution in [-0.2, 0) is 42.8 Å². The van der Waals surface area contributed by atoms with E-state index < -0.39 is 0 Å². The molecule has 0 spiro atoms. The second kappa shape index (κ2) is 26.6. The third-order valence-electron chi connectivity index (χ3n) is 0. The summed E-state index contributed by atoms with van der Waals surface area (Å²) >= 11 is 0. The molecule has 0 radical (unpaired) electrons. The fraction of sp³-hybridized carbons (Fsp3) is 1.00. The van der Waals surface area contributed by atoms with Crippen molar-refractivity contribution in [1.82, 2.24) is 6.15 Å². The van der Waals surface area contributed by atoms with Crippen molar-refractivity contribution in [3.05, 3.63) is 0 Å². The zero-order chi connectivity index (χ0) is 0. The van der Waals surface area contributed by atoms with Gasteiger partial charge in [0.2, 0.25) is 0 Å². The van der Waals surface area contributed by atoms with Crippen molar-refractivity contribution < 1.29 is 42.8 Å². The molecule has 4 heavy (non-hydrogen) atoms. The van der Waals surface area contributed by atoms with Gasteiger partial charge in [-0.3, -0.25) is 0 Å². The van der Waals surface area contributed by atoms with Crippen LogP contribution in [0.1, 0.15) is 7.43 Å². The van der Waals surface area contributed by atoms with Crippen molar-refractivity contribution >= 4 is 0 Å². The molecular weight excluding hydrogens is 170 g/mol. The molecule has 0 aromatic carbocycles. The van der Waals surface area contributed by atoms with Crippen LogP contribution in [0.25, 0.3) is 0 Å². The summed E-state index contributed by atoms with van der Waals surface area (Å²) < 4.78 is 0. The predicted molar refractivity (Wildman–Crippen MR) is 11.8 cm³/mol.